The lowest BCUT2D eigenvalue weighted by Gasteiger charge is -2.38. The second-order valence-electron chi connectivity index (χ2n) is 5.76. The number of aliphatic carboxylic acids is 1. The molecular formula is C15H19N3O5S. The fourth-order valence-corrected chi connectivity index (χ4v) is 4.08. The lowest BCUT2D eigenvalue weighted by atomic mass is 9.88. The van der Waals surface area contributed by atoms with E-state index < -0.39 is 21.5 Å². The molecule has 0 bridgehead atoms. The highest BCUT2D eigenvalue weighted by atomic mass is 32.2. The summed E-state index contributed by atoms with van der Waals surface area (Å²) in [6.07, 6.45) is 3.47. The average molecular weight is 353 g/mol. The zero-order valence-electron chi connectivity index (χ0n) is 13.3. The Balaban J connectivity index is 1.88. The van der Waals surface area contributed by atoms with E-state index in [1.54, 1.807) is 31.3 Å². The molecule has 2 aromatic heterocycles. The van der Waals surface area contributed by atoms with Crippen molar-refractivity contribution in [2.24, 2.45) is 0 Å². The van der Waals surface area contributed by atoms with Crippen LogP contribution in [0, 0.1) is 0 Å². The molecule has 1 N–H and O–H groups in total. The van der Waals surface area contributed by atoms with E-state index in [0.717, 1.165) is 0 Å². The van der Waals surface area contributed by atoms with Gasteiger partial charge in [0.2, 0.25) is 10.0 Å². The molecule has 1 aliphatic heterocycles. The molecule has 0 radical (unpaired) electrons. The van der Waals surface area contributed by atoms with E-state index in [-0.39, 0.29) is 31.7 Å². The van der Waals surface area contributed by atoms with Gasteiger partial charge in [-0.15, -0.1) is 0 Å². The van der Waals surface area contributed by atoms with Crippen LogP contribution in [0.2, 0.25) is 0 Å². The summed E-state index contributed by atoms with van der Waals surface area (Å²) in [5, 5.41) is 14.1. The summed E-state index contributed by atoms with van der Waals surface area (Å²) in [7, 11) is -3.31. The minimum Gasteiger partial charge on any atom is -0.479 e. The lowest BCUT2D eigenvalue weighted by molar-refractivity contribution is -0.150. The number of aromatic nitrogens is 2. The zero-order chi connectivity index (χ0) is 17.4. The van der Waals surface area contributed by atoms with Gasteiger partial charge >= 0.3 is 5.97 Å². The van der Waals surface area contributed by atoms with Crippen molar-refractivity contribution in [3.05, 3.63) is 30.7 Å². The van der Waals surface area contributed by atoms with Gasteiger partial charge in [-0.25, -0.2) is 17.5 Å². The second-order valence-corrected chi connectivity index (χ2v) is 8.02. The molecule has 0 atom stereocenters. The number of carboxylic acid groups (broad SMARTS) is 1. The molecule has 2 aromatic rings. The number of furan rings is 1. The summed E-state index contributed by atoms with van der Waals surface area (Å²) < 4.78 is 32.0. The first-order chi connectivity index (χ1) is 11.4. The molecule has 1 aliphatic rings. The maximum Gasteiger partial charge on any atom is 0.331 e. The molecule has 8 nitrogen and oxygen atoms in total. The Hall–Kier alpha value is -2.13. The normalized spacial score (nSPS) is 18.5. The molecule has 3 heterocycles. The van der Waals surface area contributed by atoms with Crippen LogP contribution in [0.1, 0.15) is 19.8 Å². The quantitative estimate of drug-likeness (QED) is 0.870. The molecule has 1 saturated heterocycles. The third-order valence-corrected chi connectivity index (χ3v) is 6.39. The highest BCUT2D eigenvalue weighted by molar-refractivity contribution is 7.89. The topological polar surface area (TPSA) is 106 Å². The summed E-state index contributed by atoms with van der Waals surface area (Å²) in [5.74, 6) is -0.442. The van der Waals surface area contributed by atoms with Gasteiger partial charge in [0.25, 0.3) is 0 Å². The molecule has 0 saturated carbocycles. The number of piperidine rings is 1. The van der Waals surface area contributed by atoms with Crippen LogP contribution in [-0.4, -0.2) is 52.4 Å². The number of hydrogen-bond donors (Lipinski definition) is 1. The highest BCUT2D eigenvalue weighted by Crippen LogP contribution is 2.32. The van der Waals surface area contributed by atoms with Crippen LogP contribution in [0.25, 0.3) is 11.5 Å². The average Bonchev–Trinajstić information content (AvgIpc) is 3.25. The van der Waals surface area contributed by atoms with Crippen LogP contribution in [0.5, 0.6) is 0 Å². The predicted molar refractivity (Wildman–Crippen MR) is 85.8 cm³/mol. The molecule has 0 unspecified atom stereocenters. The van der Waals surface area contributed by atoms with Crippen molar-refractivity contribution >= 4 is 16.0 Å². The number of sulfonamides is 1. The fourth-order valence-electron chi connectivity index (χ4n) is 2.98. The van der Waals surface area contributed by atoms with Gasteiger partial charge in [0.15, 0.2) is 11.3 Å². The van der Waals surface area contributed by atoms with E-state index in [2.05, 4.69) is 5.10 Å². The van der Waals surface area contributed by atoms with Crippen molar-refractivity contribution in [3.63, 3.8) is 0 Å². The van der Waals surface area contributed by atoms with Crippen LogP contribution in [0.15, 0.2) is 35.1 Å². The Morgan fingerprint density at radius 3 is 2.62 bits per heavy atom. The van der Waals surface area contributed by atoms with Crippen molar-refractivity contribution in [1.29, 1.82) is 0 Å². The van der Waals surface area contributed by atoms with E-state index in [9.17, 15) is 18.3 Å². The largest absolute Gasteiger partial charge is 0.479 e. The number of carboxylic acids is 1. The summed E-state index contributed by atoms with van der Waals surface area (Å²) in [4.78, 5) is 11.9. The maximum absolute atomic E-state index is 12.0. The molecule has 3 rings (SSSR count). The van der Waals surface area contributed by atoms with Crippen molar-refractivity contribution < 1.29 is 22.7 Å². The second kappa shape index (κ2) is 6.06. The number of hydrogen-bond acceptors (Lipinski definition) is 5. The summed E-state index contributed by atoms with van der Waals surface area (Å²) in [6, 6.07) is 5.17. The number of carbonyl (C=O) groups is 1. The monoisotopic (exact) mass is 353 g/mol. The molecule has 1 fully saturated rings. The van der Waals surface area contributed by atoms with Crippen LogP contribution in [0.4, 0.5) is 0 Å². The minimum absolute atomic E-state index is 0.0114. The van der Waals surface area contributed by atoms with Crippen molar-refractivity contribution in [2.75, 3.05) is 18.8 Å². The van der Waals surface area contributed by atoms with E-state index in [0.29, 0.717) is 11.5 Å². The Kier molecular flexibility index (Phi) is 4.22. The number of nitrogens with zero attached hydrogens (tertiary/aromatic N) is 3. The summed E-state index contributed by atoms with van der Waals surface area (Å²) >= 11 is 0. The van der Waals surface area contributed by atoms with Gasteiger partial charge in [-0.05, 0) is 38.0 Å². The molecule has 0 aromatic carbocycles. The summed E-state index contributed by atoms with van der Waals surface area (Å²) in [5.41, 5.74) is -0.700. The van der Waals surface area contributed by atoms with Crippen molar-refractivity contribution in [2.45, 2.75) is 25.3 Å². The van der Waals surface area contributed by atoms with Gasteiger partial charge in [-0.2, -0.15) is 5.10 Å². The summed E-state index contributed by atoms with van der Waals surface area (Å²) in [6.45, 7) is 1.91. The molecule has 130 valence electrons. The van der Waals surface area contributed by atoms with Crippen LogP contribution in [-0.2, 0) is 20.4 Å². The maximum atomic E-state index is 12.0. The van der Waals surface area contributed by atoms with Crippen LogP contribution >= 0.6 is 0 Å². The third kappa shape index (κ3) is 2.73. The Bertz CT molecular complexity index is 817. The number of rotatable bonds is 5. The van der Waals surface area contributed by atoms with E-state index >= 15 is 0 Å². The Morgan fingerprint density at radius 2 is 2.08 bits per heavy atom. The minimum atomic E-state index is -3.31. The lowest BCUT2D eigenvalue weighted by Crippen LogP contribution is -2.52. The van der Waals surface area contributed by atoms with Gasteiger partial charge in [0, 0.05) is 19.3 Å². The molecular weight excluding hydrogens is 334 g/mol. The third-order valence-electron chi connectivity index (χ3n) is 4.51. The van der Waals surface area contributed by atoms with Gasteiger partial charge in [0.05, 0.1) is 12.0 Å². The van der Waals surface area contributed by atoms with E-state index in [1.807, 2.05) is 0 Å². The highest BCUT2D eigenvalue weighted by Gasteiger charge is 2.46. The van der Waals surface area contributed by atoms with E-state index in [4.69, 9.17) is 4.42 Å². The van der Waals surface area contributed by atoms with Gasteiger partial charge < -0.3 is 9.52 Å². The molecule has 24 heavy (non-hydrogen) atoms. The Labute approximate surface area is 139 Å². The molecule has 0 amide bonds. The van der Waals surface area contributed by atoms with Crippen molar-refractivity contribution in [1.82, 2.24) is 14.1 Å². The first-order valence-electron chi connectivity index (χ1n) is 7.70. The smallest absolute Gasteiger partial charge is 0.331 e. The fraction of sp³-hybridized carbons (Fsp3) is 0.467. The standard InChI is InChI=1S/C15H19N3O5S/c1-2-24(21,22)17-9-6-15(7-10-17,14(19)20)18-8-5-12(16-18)13-4-3-11-23-13/h3-5,8,11H,2,6-7,9-10H2,1H3,(H,19,20). The zero-order valence-corrected chi connectivity index (χ0v) is 14.1. The molecule has 0 aliphatic carbocycles. The Morgan fingerprint density at radius 1 is 1.38 bits per heavy atom. The predicted octanol–water partition coefficient (Wildman–Crippen LogP) is 1.37. The van der Waals surface area contributed by atoms with Gasteiger partial charge in [0.1, 0.15) is 5.69 Å². The molecule has 9 heteroatoms. The van der Waals surface area contributed by atoms with E-state index in [1.165, 1.54) is 15.3 Å². The molecule has 0 spiro atoms. The van der Waals surface area contributed by atoms with Gasteiger partial charge in [-0.3, -0.25) is 4.68 Å². The van der Waals surface area contributed by atoms with Crippen LogP contribution < -0.4 is 0 Å². The SMILES string of the molecule is CCS(=O)(=O)N1CCC(C(=O)O)(n2ccc(-c3ccco3)n2)CC1. The van der Waals surface area contributed by atoms with Gasteiger partial charge in [-0.1, -0.05) is 0 Å². The first-order valence-corrected chi connectivity index (χ1v) is 9.31. The first kappa shape index (κ1) is 16.7. The van der Waals surface area contributed by atoms with Crippen molar-refractivity contribution in [3.8, 4) is 11.5 Å². The van der Waals surface area contributed by atoms with Crippen LogP contribution in [0.3, 0.4) is 0 Å².